The van der Waals surface area contributed by atoms with Crippen molar-refractivity contribution in [2.75, 3.05) is 13.1 Å². The predicted molar refractivity (Wildman–Crippen MR) is 67.9 cm³/mol. The highest BCUT2D eigenvalue weighted by Crippen LogP contribution is 2.11. The Morgan fingerprint density at radius 1 is 1.38 bits per heavy atom. The number of aromatic amines is 1. The third kappa shape index (κ3) is 3.25. The molecule has 0 radical (unpaired) electrons. The molecule has 0 bridgehead atoms. The molecular formula is C11H20ClN3O. The first-order chi connectivity index (χ1) is 7.10. The van der Waals surface area contributed by atoms with Gasteiger partial charge in [0.1, 0.15) is 0 Å². The van der Waals surface area contributed by atoms with Gasteiger partial charge in [-0.2, -0.15) is 0 Å². The number of H-pyrrole nitrogens is 1. The first-order valence-electron chi connectivity index (χ1n) is 5.30. The van der Waals surface area contributed by atoms with Crippen molar-refractivity contribution in [3.05, 3.63) is 23.0 Å². The van der Waals surface area contributed by atoms with Crippen molar-refractivity contribution in [2.24, 2.45) is 0 Å². The van der Waals surface area contributed by atoms with Gasteiger partial charge in [0, 0.05) is 25.0 Å². The maximum Gasteiger partial charge on any atom is 0.267 e. The summed E-state index contributed by atoms with van der Waals surface area (Å²) >= 11 is 0. The van der Waals surface area contributed by atoms with E-state index in [0.717, 1.165) is 29.9 Å². The minimum atomic E-state index is -0.0325. The number of hydrazine groups is 1. The van der Waals surface area contributed by atoms with E-state index in [4.69, 9.17) is 0 Å². The maximum atomic E-state index is 11.9. The average Bonchev–Trinajstić information content (AvgIpc) is 2.55. The van der Waals surface area contributed by atoms with Gasteiger partial charge in [-0.05, 0) is 19.4 Å². The Morgan fingerprint density at radius 2 is 1.94 bits per heavy atom. The Bertz CT molecular complexity index is 325. The predicted octanol–water partition coefficient (Wildman–Crippen LogP) is 2.04. The van der Waals surface area contributed by atoms with Gasteiger partial charge in [-0.25, -0.2) is 5.01 Å². The molecule has 0 fully saturated rings. The number of hydrogen-bond acceptors (Lipinski definition) is 2. The Kier molecular flexibility index (Phi) is 6.14. The lowest BCUT2D eigenvalue weighted by Crippen LogP contribution is -2.42. The van der Waals surface area contributed by atoms with Crippen molar-refractivity contribution in [3.8, 4) is 0 Å². The minimum Gasteiger partial charge on any atom is -0.364 e. The lowest BCUT2D eigenvalue weighted by Gasteiger charge is -2.19. The quantitative estimate of drug-likeness (QED) is 0.798. The first kappa shape index (κ1) is 15.0. The van der Waals surface area contributed by atoms with E-state index in [-0.39, 0.29) is 18.3 Å². The van der Waals surface area contributed by atoms with Crippen molar-refractivity contribution in [1.29, 1.82) is 0 Å². The van der Waals surface area contributed by atoms with Crippen LogP contribution < -0.4 is 5.43 Å². The van der Waals surface area contributed by atoms with Crippen molar-refractivity contribution in [2.45, 2.75) is 27.7 Å². The van der Waals surface area contributed by atoms with E-state index in [0.29, 0.717) is 0 Å². The fourth-order valence-electron chi connectivity index (χ4n) is 1.59. The number of nitrogens with one attached hydrogen (secondary N) is 2. The van der Waals surface area contributed by atoms with E-state index in [9.17, 15) is 4.79 Å². The molecule has 1 heterocycles. The van der Waals surface area contributed by atoms with Crippen LogP contribution in [0.3, 0.4) is 0 Å². The molecule has 1 rings (SSSR count). The molecule has 0 aliphatic rings. The second kappa shape index (κ2) is 6.55. The second-order valence-corrected chi connectivity index (χ2v) is 3.58. The van der Waals surface area contributed by atoms with E-state index in [1.165, 1.54) is 0 Å². The normalized spacial score (nSPS) is 10.1. The third-order valence-corrected chi connectivity index (χ3v) is 2.52. The van der Waals surface area contributed by atoms with Crippen molar-refractivity contribution in [1.82, 2.24) is 15.4 Å². The summed E-state index contributed by atoms with van der Waals surface area (Å²) in [6, 6.07) is 0. The van der Waals surface area contributed by atoms with Gasteiger partial charge in [-0.1, -0.05) is 13.8 Å². The molecule has 0 atom stereocenters. The summed E-state index contributed by atoms with van der Waals surface area (Å²) in [6.07, 6.45) is 1.85. The molecule has 4 nitrogen and oxygen atoms in total. The van der Waals surface area contributed by atoms with E-state index >= 15 is 0 Å². The smallest absolute Gasteiger partial charge is 0.267 e. The van der Waals surface area contributed by atoms with Crippen molar-refractivity contribution in [3.63, 3.8) is 0 Å². The number of amides is 1. The number of carbonyl (C=O) groups excluding carboxylic acids is 1. The number of hydrogen-bond donors (Lipinski definition) is 2. The molecule has 0 aromatic carbocycles. The van der Waals surface area contributed by atoms with Gasteiger partial charge in [0.2, 0.25) is 0 Å². The average molecular weight is 246 g/mol. The SMILES string of the molecule is CCN(CC)NC(=O)c1c(C)c[nH]c1C.Cl. The highest BCUT2D eigenvalue weighted by molar-refractivity contribution is 5.96. The van der Waals surface area contributed by atoms with Gasteiger partial charge >= 0.3 is 0 Å². The molecule has 0 unspecified atom stereocenters. The largest absolute Gasteiger partial charge is 0.364 e. The van der Waals surface area contributed by atoms with Crippen LogP contribution in [0.1, 0.15) is 35.5 Å². The molecule has 1 amide bonds. The molecular weight excluding hydrogens is 226 g/mol. The summed E-state index contributed by atoms with van der Waals surface area (Å²) in [6.45, 7) is 9.49. The summed E-state index contributed by atoms with van der Waals surface area (Å²) < 4.78 is 0. The lowest BCUT2D eigenvalue weighted by molar-refractivity contribution is 0.0804. The van der Waals surface area contributed by atoms with Crippen LogP contribution in [-0.2, 0) is 0 Å². The molecule has 2 N–H and O–H groups in total. The molecule has 0 saturated carbocycles. The summed E-state index contributed by atoms with van der Waals surface area (Å²) in [5.74, 6) is -0.0325. The van der Waals surface area contributed by atoms with Gasteiger partial charge < -0.3 is 4.98 Å². The molecule has 92 valence electrons. The molecule has 0 spiro atoms. The van der Waals surface area contributed by atoms with Crippen LogP contribution in [0.2, 0.25) is 0 Å². The Balaban J connectivity index is 0.00000225. The number of aromatic nitrogens is 1. The molecule has 1 aromatic heterocycles. The van der Waals surface area contributed by atoms with E-state index in [1.807, 2.05) is 38.9 Å². The van der Waals surface area contributed by atoms with Gasteiger partial charge in [0.25, 0.3) is 5.91 Å². The topological polar surface area (TPSA) is 48.1 Å². The molecule has 0 saturated heterocycles. The van der Waals surface area contributed by atoms with Crippen LogP contribution in [0.5, 0.6) is 0 Å². The van der Waals surface area contributed by atoms with Crippen LogP contribution in [0, 0.1) is 13.8 Å². The monoisotopic (exact) mass is 245 g/mol. The molecule has 16 heavy (non-hydrogen) atoms. The fourth-order valence-corrected chi connectivity index (χ4v) is 1.59. The lowest BCUT2D eigenvalue weighted by atomic mass is 10.1. The summed E-state index contributed by atoms with van der Waals surface area (Å²) in [5.41, 5.74) is 5.52. The number of carbonyl (C=O) groups is 1. The van der Waals surface area contributed by atoms with Crippen LogP contribution in [0.15, 0.2) is 6.20 Å². The van der Waals surface area contributed by atoms with Crippen LogP contribution in [-0.4, -0.2) is 29.0 Å². The first-order valence-corrected chi connectivity index (χ1v) is 5.30. The standard InChI is InChI=1S/C11H19N3O.ClH/c1-5-14(6-2)13-11(15)10-8(3)7-12-9(10)4;/h7,12H,5-6H2,1-4H3,(H,13,15);1H. The van der Waals surface area contributed by atoms with Crippen LogP contribution >= 0.6 is 12.4 Å². The van der Waals surface area contributed by atoms with E-state index in [2.05, 4.69) is 10.4 Å². The molecule has 0 aliphatic carbocycles. The molecule has 5 heteroatoms. The summed E-state index contributed by atoms with van der Waals surface area (Å²) in [5, 5.41) is 1.88. The highest BCUT2D eigenvalue weighted by atomic mass is 35.5. The Morgan fingerprint density at radius 3 is 2.31 bits per heavy atom. The van der Waals surface area contributed by atoms with Gasteiger partial charge in [-0.3, -0.25) is 10.2 Å². The Labute approximate surface area is 103 Å². The van der Waals surface area contributed by atoms with Crippen LogP contribution in [0.4, 0.5) is 0 Å². The van der Waals surface area contributed by atoms with E-state index < -0.39 is 0 Å². The van der Waals surface area contributed by atoms with Crippen LogP contribution in [0.25, 0.3) is 0 Å². The third-order valence-electron chi connectivity index (χ3n) is 2.52. The zero-order valence-corrected chi connectivity index (χ0v) is 11.1. The highest BCUT2D eigenvalue weighted by Gasteiger charge is 2.14. The van der Waals surface area contributed by atoms with Crippen molar-refractivity contribution >= 4 is 18.3 Å². The van der Waals surface area contributed by atoms with Gasteiger partial charge in [-0.15, -0.1) is 12.4 Å². The number of nitrogens with zero attached hydrogens (tertiary/aromatic N) is 1. The summed E-state index contributed by atoms with van der Waals surface area (Å²) in [4.78, 5) is 15.0. The maximum absolute atomic E-state index is 11.9. The molecule has 0 aliphatic heterocycles. The van der Waals surface area contributed by atoms with Crippen molar-refractivity contribution < 1.29 is 4.79 Å². The number of aryl methyl sites for hydroxylation is 2. The Hall–Kier alpha value is -1.00. The van der Waals surface area contributed by atoms with Gasteiger partial charge in [0.15, 0.2) is 0 Å². The fraction of sp³-hybridized carbons (Fsp3) is 0.545. The number of rotatable bonds is 4. The van der Waals surface area contributed by atoms with E-state index in [1.54, 1.807) is 0 Å². The van der Waals surface area contributed by atoms with Gasteiger partial charge in [0.05, 0.1) is 5.56 Å². The zero-order chi connectivity index (χ0) is 11.4. The number of halogens is 1. The second-order valence-electron chi connectivity index (χ2n) is 3.58. The summed E-state index contributed by atoms with van der Waals surface area (Å²) in [7, 11) is 0. The minimum absolute atomic E-state index is 0. The molecule has 1 aromatic rings. The zero-order valence-electron chi connectivity index (χ0n) is 10.3.